The molecule has 2 aliphatic carbocycles. The highest BCUT2D eigenvalue weighted by atomic mass is 79.9. The predicted molar refractivity (Wildman–Crippen MR) is 84.3 cm³/mol. The van der Waals surface area contributed by atoms with Gasteiger partial charge in [0.05, 0.1) is 0 Å². The minimum Gasteiger partial charge on any atom is -0.207 e. The average Bonchev–Trinajstić information content (AvgIpc) is 2.46. The molecule has 4 rings (SSSR count). The van der Waals surface area contributed by atoms with Crippen LogP contribution < -0.4 is 0 Å². The maximum atomic E-state index is 13.7. The van der Waals surface area contributed by atoms with E-state index in [1.54, 1.807) is 12.1 Å². The van der Waals surface area contributed by atoms with Crippen molar-refractivity contribution in [1.82, 2.24) is 0 Å². The van der Waals surface area contributed by atoms with Crippen molar-refractivity contribution in [3.05, 3.63) is 62.9 Å². The van der Waals surface area contributed by atoms with E-state index in [1.165, 1.54) is 27.8 Å². The van der Waals surface area contributed by atoms with Crippen molar-refractivity contribution in [3.63, 3.8) is 0 Å². The molecule has 0 unspecified atom stereocenters. The van der Waals surface area contributed by atoms with Crippen molar-refractivity contribution >= 4 is 22.0 Å². The molecule has 2 heteroatoms. The Morgan fingerprint density at radius 2 is 1.75 bits per heavy atom. The summed E-state index contributed by atoms with van der Waals surface area (Å²) < 4.78 is 14.6. The van der Waals surface area contributed by atoms with E-state index in [1.807, 2.05) is 0 Å². The van der Waals surface area contributed by atoms with Gasteiger partial charge in [0.15, 0.2) is 0 Å². The third kappa shape index (κ3) is 1.78. The van der Waals surface area contributed by atoms with Crippen LogP contribution in [-0.2, 0) is 19.3 Å². The molecule has 2 aliphatic rings. The fourth-order valence-electron chi connectivity index (χ4n) is 3.49. The Kier molecular flexibility index (Phi) is 2.81. The Balaban J connectivity index is 2.00. The molecule has 0 bridgehead atoms. The molecule has 0 atom stereocenters. The fourth-order valence-corrected chi connectivity index (χ4v) is 4.12. The van der Waals surface area contributed by atoms with Crippen molar-refractivity contribution < 1.29 is 4.39 Å². The summed E-state index contributed by atoms with van der Waals surface area (Å²) in [6.07, 6.45) is 8.73. The number of rotatable bonds is 0. The number of halogens is 2. The zero-order valence-corrected chi connectivity index (χ0v) is 12.6. The standard InChI is InChI=1S/C18H14BrF/c19-18-10-12(20)9-17-15-6-5-11-3-1-2-4-13(11)14(15)7-8-16(17)18/h1,3,5-6,9-10H,2,4,7-8H2. The molecule has 0 radical (unpaired) electrons. The van der Waals surface area contributed by atoms with Gasteiger partial charge < -0.3 is 0 Å². The number of hydrogen-bond donors (Lipinski definition) is 0. The molecule has 0 heterocycles. The summed E-state index contributed by atoms with van der Waals surface area (Å²) in [6, 6.07) is 7.60. The Morgan fingerprint density at radius 1 is 0.900 bits per heavy atom. The first kappa shape index (κ1) is 12.3. The average molecular weight is 329 g/mol. The second-order valence-corrected chi connectivity index (χ2v) is 6.37. The molecule has 0 nitrogen and oxygen atoms in total. The van der Waals surface area contributed by atoms with Crippen molar-refractivity contribution in [1.29, 1.82) is 0 Å². The summed E-state index contributed by atoms with van der Waals surface area (Å²) >= 11 is 3.51. The highest BCUT2D eigenvalue weighted by Gasteiger charge is 2.23. The van der Waals surface area contributed by atoms with Crippen LogP contribution in [0.2, 0.25) is 0 Å². The molecular formula is C18H14BrF. The van der Waals surface area contributed by atoms with Crippen molar-refractivity contribution in [2.24, 2.45) is 0 Å². The van der Waals surface area contributed by atoms with Gasteiger partial charge in [-0.05, 0) is 71.2 Å². The van der Waals surface area contributed by atoms with Crippen LogP contribution in [0.4, 0.5) is 4.39 Å². The maximum Gasteiger partial charge on any atom is 0.124 e. The first-order chi connectivity index (χ1) is 9.74. The lowest BCUT2D eigenvalue weighted by Crippen LogP contribution is -2.10. The molecule has 0 amide bonds. The number of hydrogen-bond acceptors (Lipinski definition) is 0. The van der Waals surface area contributed by atoms with Crippen LogP contribution in [0.15, 0.2) is 34.8 Å². The zero-order chi connectivity index (χ0) is 13.7. The molecular weight excluding hydrogens is 315 g/mol. The van der Waals surface area contributed by atoms with Crippen LogP contribution in [0.25, 0.3) is 17.2 Å². The number of benzene rings is 2. The molecule has 0 spiro atoms. The van der Waals surface area contributed by atoms with Crippen molar-refractivity contribution in [2.75, 3.05) is 0 Å². The lowest BCUT2D eigenvalue weighted by atomic mass is 9.79. The van der Waals surface area contributed by atoms with E-state index >= 15 is 0 Å². The molecule has 0 aliphatic heterocycles. The van der Waals surface area contributed by atoms with Crippen molar-refractivity contribution in [2.45, 2.75) is 25.7 Å². The van der Waals surface area contributed by atoms with Crippen molar-refractivity contribution in [3.8, 4) is 11.1 Å². The predicted octanol–water partition coefficient (Wildman–Crippen LogP) is 5.31. The van der Waals surface area contributed by atoms with Crippen LogP contribution >= 0.6 is 15.9 Å². The van der Waals surface area contributed by atoms with E-state index in [0.717, 1.165) is 35.7 Å². The molecule has 2 aromatic rings. The first-order valence-electron chi connectivity index (χ1n) is 7.03. The van der Waals surface area contributed by atoms with Gasteiger partial charge in [-0.1, -0.05) is 40.2 Å². The first-order valence-corrected chi connectivity index (χ1v) is 7.83. The van der Waals surface area contributed by atoms with E-state index in [2.05, 4.69) is 40.2 Å². The molecule has 0 N–H and O–H groups in total. The van der Waals surface area contributed by atoms with Gasteiger partial charge in [-0.3, -0.25) is 0 Å². The fraction of sp³-hybridized carbons (Fsp3) is 0.222. The van der Waals surface area contributed by atoms with Gasteiger partial charge in [-0.25, -0.2) is 4.39 Å². The SMILES string of the molecule is Fc1cc(Br)c2c(c1)-c1ccc3c(c1CC2)CCC=C3. The van der Waals surface area contributed by atoms with Gasteiger partial charge in [0.1, 0.15) is 5.82 Å². The van der Waals surface area contributed by atoms with Gasteiger partial charge in [0, 0.05) is 4.47 Å². The van der Waals surface area contributed by atoms with Crippen LogP contribution in [0, 0.1) is 5.82 Å². The Bertz CT molecular complexity index is 744. The summed E-state index contributed by atoms with van der Waals surface area (Å²) in [6.45, 7) is 0. The zero-order valence-electron chi connectivity index (χ0n) is 11.0. The van der Waals surface area contributed by atoms with Gasteiger partial charge in [-0.15, -0.1) is 0 Å². The van der Waals surface area contributed by atoms with Gasteiger partial charge in [-0.2, -0.15) is 0 Å². The van der Waals surface area contributed by atoms with E-state index in [4.69, 9.17) is 0 Å². The van der Waals surface area contributed by atoms with Crippen LogP contribution in [0.5, 0.6) is 0 Å². The molecule has 0 saturated heterocycles. The number of fused-ring (bicyclic) bond motifs is 5. The highest BCUT2D eigenvalue weighted by molar-refractivity contribution is 9.10. The molecule has 0 saturated carbocycles. The van der Waals surface area contributed by atoms with Gasteiger partial charge in [0.25, 0.3) is 0 Å². The monoisotopic (exact) mass is 328 g/mol. The second-order valence-electron chi connectivity index (χ2n) is 5.51. The maximum absolute atomic E-state index is 13.7. The summed E-state index contributed by atoms with van der Waals surface area (Å²) in [4.78, 5) is 0. The minimum atomic E-state index is -0.166. The quantitative estimate of drug-likeness (QED) is 0.614. The Morgan fingerprint density at radius 3 is 2.65 bits per heavy atom. The summed E-state index contributed by atoms with van der Waals surface area (Å²) in [5.74, 6) is -0.166. The summed E-state index contributed by atoms with van der Waals surface area (Å²) in [5, 5.41) is 0. The van der Waals surface area contributed by atoms with Crippen LogP contribution in [-0.4, -0.2) is 0 Å². The van der Waals surface area contributed by atoms with E-state index in [-0.39, 0.29) is 5.82 Å². The third-order valence-electron chi connectivity index (χ3n) is 4.40. The molecule has 2 aromatic carbocycles. The highest BCUT2D eigenvalue weighted by Crippen LogP contribution is 2.41. The lowest BCUT2D eigenvalue weighted by molar-refractivity contribution is 0.626. The van der Waals surface area contributed by atoms with E-state index in [9.17, 15) is 4.39 Å². The molecule has 0 fully saturated rings. The van der Waals surface area contributed by atoms with Gasteiger partial charge >= 0.3 is 0 Å². The lowest BCUT2D eigenvalue weighted by Gasteiger charge is -2.26. The minimum absolute atomic E-state index is 0.166. The van der Waals surface area contributed by atoms with Crippen LogP contribution in [0.1, 0.15) is 28.7 Å². The van der Waals surface area contributed by atoms with E-state index in [0.29, 0.717) is 0 Å². The molecule has 20 heavy (non-hydrogen) atoms. The Hall–Kier alpha value is -1.41. The van der Waals surface area contributed by atoms with E-state index < -0.39 is 0 Å². The summed E-state index contributed by atoms with van der Waals surface area (Å²) in [5.41, 5.74) is 7.77. The third-order valence-corrected chi connectivity index (χ3v) is 5.11. The topological polar surface area (TPSA) is 0 Å². The number of allylic oxidation sites excluding steroid dienone is 1. The van der Waals surface area contributed by atoms with Crippen LogP contribution in [0.3, 0.4) is 0 Å². The second kappa shape index (κ2) is 4.56. The Labute approximate surface area is 126 Å². The molecule has 100 valence electrons. The largest absolute Gasteiger partial charge is 0.207 e. The van der Waals surface area contributed by atoms with Gasteiger partial charge in [0.2, 0.25) is 0 Å². The molecule has 0 aromatic heterocycles. The smallest absolute Gasteiger partial charge is 0.124 e. The normalized spacial score (nSPS) is 15.5. The summed E-state index contributed by atoms with van der Waals surface area (Å²) in [7, 11) is 0.